The van der Waals surface area contributed by atoms with Crippen LogP contribution < -0.4 is 10.5 Å². The molecule has 1 aliphatic rings. The number of nitro benzene ring substituents is 1. The lowest BCUT2D eigenvalue weighted by Crippen LogP contribution is -2.25. The molecule has 0 spiro atoms. The minimum atomic E-state index is -0.511. The standard InChI is InChI=1S/C12H16N2O4/c13-11-7-9(4-5-12(11)14(15)16)18-8-10-3-1-2-6-17-10/h4-5,7,10H,1-3,6,8,13H2. The van der Waals surface area contributed by atoms with E-state index in [-0.39, 0.29) is 17.5 Å². The lowest BCUT2D eigenvalue weighted by molar-refractivity contribution is -0.383. The lowest BCUT2D eigenvalue weighted by Gasteiger charge is -2.22. The van der Waals surface area contributed by atoms with Gasteiger partial charge in [0.2, 0.25) is 0 Å². The van der Waals surface area contributed by atoms with E-state index in [1.807, 2.05) is 0 Å². The Balaban J connectivity index is 1.93. The minimum Gasteiger partial charge on any atom is -0.491 e. The first-order valence-electron chi connectivity index (χ1n) is 5.95. The summed E-state index contributed by atoms with van der Waals surface area (Å²) in [7, 11) is 0. The summed E-state index contributed by atoms with van der Waals surface area (Å²) in [6.45, 7) is 1.23. The number of anilines is 1. The zero-order valence-corrected chi connectivity index (χ0v) is 10.0. The number of ether oxygens (including phenoxy) is 2. The van der Waals surface area contributed by atoms with Crippen molar-refractivity contribution in [1.29, 1.82) is 0 Å². The van der Waals surface area contributed by atoms with Gasteiger partial charge in [-0.15, -0.1) is 0 Å². The van der Waals surface area contributed by atoms with Crippen LogP contribution in [0.4, 0.5) is 11.4 Å². The minimum absolute atomic E-state index is 0.101. The van der Waals surface area contributed by atoms with Crippen LogP contribution in [0.25, 0.3) is 0 Å². The maximum absolute atomic E-state index is 10.6. The molecule has 1 fully saturated rings. The fourth-order valence-electron chi connectivity index (χ4n) is 1.92. The zero-order chi connectivity index (χ0) is 13.0. The van der Waals surface area contributed by atoms with Crippen molar-refractivity contribution in [2.45, 2.75) is 25.4 Å². The van der Waals surface area contributed by atoms with Crippen LogP contribution in [0.5, 0.6) is 5.75 Å². The average molecular weight is 252 g/mol. The molecule has 2 N–H and O–H groups in total. The monoisotopic (exact) mass is 252 g/mol. The van der Waals surface area contributed by atoms with Crippen molar-refractivity contribution in [3.05, 3.63) is 28.3 Å². The van der Waals surface area contributed by atoms with Crippen LogP contribution in [-0.2, 0) is 4.74 Å². The fourth-order valence-corrected chi connectivity index (χ4v) is 1.92. The second-order valence-corrected chi connectivity index (χ2v) is 4.28. The van der Waals surface area contributed by atoms with E-state index >= 15 is 0 Å². The number of nitrogens with two attached hydrogens (primary N) is 1. The van der Waals surface area contributed by atoms with Crippen LogP contribution in [0.3, 0.4) is 0 Å². The Morgan fingerprint density at radius 1 is 1.50 bits per heavy atom. The van der Waals surface area contributed by atoms with E-state index in [1.54, 1.807) is 6.07 Å². The normalized spacial score (nSPS) is 19.4. The molecule has 0 amide bonds. The number of rotatable bonds is 4. The van der Waals surface area contributed by atoms with Gasteiger partial charge in [0, 0.05) is 18.7 Å². The molecule has 98 valence electrons. The zero-order valence-electron chi connectivity index (χ0n) is 10.0. The molecule has 1 aromatic rings. The Morgan fingerprint density at radius 2 is 2.33 bits per heavy atom. The molecule has 1 aliphatic heterocycles. The van der Waals surface area contributed by atoms with E-state index in [1.165, 1.54) is 12.1 Å². The summed E-state index contributed by atoms with van der Waals surface area (Å²) in [6.07, 6.45) is 3.34. The number of nitro groups is 1. The van der Waals surface area contributed by atoms with Crippen LogP contribution in [0, 0.1) is 10.1 Å². The van der Waals surface area contributed by atoms with Gasteiger partial charge in [-0.2, -0.15) is 0 Å². The highest BCUT2D eigenvalue weighted by atomic mass is 16.6. The molecule has 6 nitrogen and oxygen atoms in total. The first kappa shape index (κ1) is 12.6. The van der Waals surface area contributed by atoms with Gasteiger partial charge in [0.15, 0.2) is 0 Å². The van der Waals surface area contributed by atoms with Gasteiger partial charge in [0.25, 0.3) is 5.69 Å². The molecule has 0 aliphatic carbocycles. The van der Waals surface area contributed by atoms with Gasteiger partial charge in [-0.25, -0.2) is 0 Å². The highest BCUT2D eigenvalue weighted by Gasteiger charge is 2.16. The summed E-state index contributed by atoms with van der Waals surface area (Å²) in [4.78, 5) is 10.1. The number of hydrogen-bond acceptors (Lipinski definition) is 5. The highest BCUT2D eigenvalue weighted by molar-refractivity contribution is 5.60. The third-order valence-corrected chi connectivity index (χ3v) is 2.91. The summed E-state index contributed by atoms with van der Waals surface area (Å²) >= 11 is 0. The van der Waals surface area contributed by atoms with Crippen LogP contribution in [0.1, 0.15) is 19.3 Å². The Bertz CT molecular complexity index is 430. The van der Waals surface area contributed by atoms with Crippen molar-refractivity contribution in [3.8, 4) is 5.75 Å². The van der Waals surface area contributed by atoms with Crippen molar-refractivity contribution in [3.63, 3.8) is 0 Å². The predicted molar refractivity (Wildman–Crippen MR) is 66.6 cm³/mol. The summed E-state index contributed by atoms with van der Waals surface area (Å²) < 4.78 is 11.1. The van der Waals surface area contributed by atoms with Crippen LogP contribution >= 0.6 is 0 Å². The second kappa shape index (κ2) is 5.68. The molecule has 1 atom stereocenters. The van der Waals surface area contributed by atoms with E-state index in [0.29, 0.717) is 12.4 Å². The van der Waals surface area contributed by atoms with Gasteiger partial charge in [-0.05, 0) is 25.3 Å². The molecule has 1 heterocycles. The summed E-state index contributed by atoms with van der Waals surface area (Å²) in [5, 5.41) is 10.6. The summed E-state index contributed by atoms with van der Waals surface area (Å²) in [6, 6.07) is 4.38. The van der Waals surface area contributed by atoms with E-state index in [9.17, 15) is 10.1 Å². The van der Waals surface area contributed by atoms with E-state index in [4.69, 9.17) is 15.2 Å². The largest absolute Gasteiger partial charge is 0.491 e. The number of benzene rings is 1. The number of nitrogens with zero attached hydrogens (tertiary/aromatic N) is 1. The quantitative estimate of drug-likeness (QED) is 0.503. The predicted octanol–water partition coefficient (Wildman–Crippen LogP) is 2.12. The summed E-state index contributed by atoms with van der Waals surface area (Å²) in [5.41, 5.74) is 5.59. The highest BCUT2D eigenvalue weighted by Crippen LogP contribution is 2.26. The van der Waals surface area contributed by atoms with Crippen molar-refractivity contribution < 1.29 is 14.4 Å². The smallest absolute Gasteiger partial charge is 0.292 e. The van der Waals surface area contributed by atoms with Gasteiger partial charge in [-0.1, -0.05) is 0 Å². The van der Waals surface area contributed by atoms with E-state index in [0.717, 1.165) is 25.9 Å². The number of nitrogen functional groups attached to an aromatic ring is 1. The SMILES string of the molecule is Nc1cc(OCC2CCCCO2)ccc1[N+](=O)[O-]. The molecule has 1 saturated heterocycles. The van der Waals surface area contributed by atoms with Crippen LogP contribution in [0.2, 0.25) is 0 Å². The lowest BCUT2D eigenvalue weighted by atomic mass is 10.1. The fraction of sp³-hybridized carbons (Fsp3) is 0.500. The molecule has 6 heteroatoms. The maximum Gasteiger partial charge on any atom is 0.292 e. The second-order valence-electron chi connectivity index (χ2n) is 4.28. The Labute approximate surface area is 105 Å². The molecule has 2 rings (SSSR count). The van der Waals surface area contributed by atoms with E-state index in [2.05, 4.69) is 0 Å². The summed E-state index contributed by atoms with van der Waals surface area (Å²) in [5.74, 6) is 0.535. The van der Waals surface area contributed by atoms with Gasteiger partial charge in [0.05, 0.1) is 11.0 Å². The Morgan fingerprint density at radius 3 is 2.94 bits per heavy atom. The molecule has 0 aromatic heterocycles. The van der Waals surface area contributed by atoms with E-state index < -0.39 is 4.92 Å². The average Bonchev–Trinajstić information content (AvgIpc) is 2.37. The third kappa shape index (κ3) is 3.10. The topological polar surface area (TPSA) is 87.6 Å². The van der Waals surface area contributed by atoms with Crippen LogP contribution in [0.15, 0.2) is 18.2 Å². The van der Waals surface area contributed by atoms with Gasteiger partial charge >= 0.3 is 0 Å². The molecular formula is C12H16N2O4. The van der Waals surface area contributed by atoms with Gasteiger partial charge < -0.3 is 15.2 Å². The molecule has 1 aromatic carbocycles. The molecule has 0 bridgehead atoms. The van der Waals surface area contributed by atoms with Gasteiger partial charge in [0.1, 0.15) is 18.0 Å². The third-order valence-electron chi connectivity index (χ3n) is 2.91. The van der Waals surface area contributed by atoms with Gasteiger partial charge in [-0.3, -0.25) is 10.1 Å². The first-order chi connectivity index (χ1) is 8.66. The molecular weight excluding hydrogens is 236 g/mol. The number of hydrogen-bond donors (Lipinski definition) is 1. The van der Waals surface area contributed by atoms with Crippen molar-refractivity contribution in [2.75, 3.05) is 18.9 Å². The molecule has 0 saturated carbocycles. The molecule has 1 unspecified atom stereocenters. The van der Waals surface area contributed by atoms with Crippen molar-refractivity contribution in [2.24, 2.45) is 0 Å². The van der Waals surface area contributed by atoms with Crippen LogP contribution in [-0.4, -0.2) is 24.2 Å². The Hall–Kier alpha value is -1.82. The first-order valence-corrected chi connectivity index (χ1v) is 5.95. The van der Waals surface area contributed by atoms with Crippen molar-refractivity contribution in [1.82, 2.24) is 0 Å². The molecule has 18 heavy (non-hydrogen) atoms. The Kier molecular flexibility index (Phi) is 3.99. The maximum atomic E-state index is 10.6. The molecule has 0 radical (unpaired) electrons. The van der Waals surface area contributed by atoms with Crippen molar-refractivity contribution >= 4 is 11.4 Å².